The predicted octanol–water partition coefficient (Wildman–Crippen LogP) is 2.45. The van der Waals surface area contributed by atoms with E-state index in [4.69, 9.17) is 5.11 Å². The molecule has 0 spiro atoms. The van der Waals surface area contributed by atoms with Crippen molar-refractivity contribution in [3.63, 3.8) is 0 Å². The van der Waals surface area contributed by atoms with E-state index in [1.807, 2.05) is 11.9 Å². The van der Waals surface area contributed by atoms with Crippen molar-refractivity contribution in [2.24, 2.45) is 0 Å². The van der Waals surface area contributed by atoms with Gasteiger partial charge < -0.3 is 14.9 Å². The van der Waals surface area contributed by atoms with Crippen molar-refractivity contribution >= 4 is 17.7 Å². The zero-order chi connectivity index (χ0) is 15.4. The highest BCUT2D eigenvalue weighted by molar-refractivity contribution is 5.85. The summed E-state index contributed by atoms with van der Waals surface area (Å²) >= 11 is 0. The second-order valence-corrected chi connectivity index (χ2v) is 5.57. The number of hydrogen-bond acceptors (Lipinski definition) is 3. The summed E-state index contributed by atoms with van der Waals surface area (Å²) in [7, 11) is 4.05. The number of carboxylic acid groups (broad SMARTS) is 1. The van der Waals surface area contributed by atoms with E-state index in [0.29, 0.717) is 11.6 Å². The maximum atomic E-state index is 13.7. The van der Waals surface area contributed by atoms with E-state index in [2.05, 4.69) is 11.9 Å². The Balaban J connectivity index is 2.12. The quantitative estimate of drug-likeness (QED) is 0.847. The Morgan fingerprint density at radius 2 is 2.29 bits per heavy atom. The zero-order valence-corrected chi connectivity index (χ0v) is 12.4. The Kier molecular flexibility index (Phi) is 4.96. The van der Waals surface area contributed by atoms with Gasteiger partial charge in [0.2, 0.25) is 0 Å². The molecule has 0 amide bonds. The molecule has 21 heavy (non-hydrogen) atoms. The molecule has 1 aromatic rings. The van der Waals surface area contributed by atoms with Gasteiger partial charge in [-0.3, -0.25) is 0 Å². The Hall–Kier alpha value is -1.88. The number of rotatable bonds is 5. The van der Waals surface area contributed by atoms with E-state index in [9.17, 15) is 9.18 Å². The summed E-state index contributed by atoms with van der Waals surface area (Å²) in [6.45, 7) is 1.94. The molecule has 1 fully saturated rings. The Morgan fingerprint density at radius 1 is 1.52 bits per heavy atom. The Labute approximate surface area is 124 Å². The number of halogens is 1. The van der Waals surface area contributed by atoms with Gasteiger partial charge in [-0.25, -0.2) is 9.18 Å². The molecular weight excluding hydrogens is 271 g/mol. The molecule has 1 aromatic carbocycles. The van der Waals surface area contributed by atoms with Gasteiger partial charge in [0.25, 0.3) is 0 Å². The first-order valence-corrected chi connectivity index (χ1v) is 7.08. The minimum absolute atomic E-state index is 0.357. The lowest BCUT2D eigenvalue weighted by Crippen LogP contribution is -2.36. The largest absolute Gasteiger partial charge is 0.478 e. The first-order valence-electron chi connectivity index (χ1n) is 7.08. The number of likely N-dealkylation sites (N-methyl/N-ethyl adjacent to an activating group) is 2. The lowest BCUT2D eigenvalue weighted by atomic mass is 10.1. The van der Waals surface area contributed by atoms with Gasteiger partial charge >= 0.3 is 5.97 Å². The van der Waals surface area contributed by atoms with Crippen molar-refractivity contribution in [2.45, 2.75) is 18.9 Å². The van der Waals surface area contributed by atoms with Gasteiger partial charge in [0.05, 0.1) is 0 Å². The van der Waals surface area contributed by atoms with Crippen molar-refractivity contribution < 1.29 is 14.3 Å². The molecule has 4 nitrogen and oxygen atoms in total. The van der Waals surface area contributed by atoms with Crippen LogP contribution in [0.4, 0.5) is 10.1 Å². The molecule has 114 valence electrons. The summed E-state index contributed by atoms with van der Waals surface area (Å²) in [5.74, 6) is -1.40. The first kappa shape index (κ1) is 15.5. The van der Waals surface area contributed by atoms with Crippen LogP contribution in [-0.2, 0) is 4.79 Å². The first-order chi connectivity index (χ1) is 9.95. The summed E-state index contributed by atoms with van der Waals surface area (Å²) in [5, 5.41) is 8.64. The summed E-state index contributed by atoms with van der Waals surface area (Å²) in [6, 6.07) is 5.10. The van der Waals surface area contributed by atoms with Crippen LogP contribution in [0.15, 0.2) is 24.3 Å². The molecule has 1 aliphatic heterocycles. The average Bonchev–Trinajstić information content (AvgIpc) is 2.81. The number of hydrogen-bond donors (Lipinski definition) is 1. The fraction of sp³-hybridized carbons (Fsp3) is 0.438. The van der Waals surface area contributed by atoms with Gasteiger partial charge in [-0.1, -0.05) is 0 Å². The third-order valence-corrected chi connectivity index (χ3v) is 3.92. The molecule has 5 heteroatoms. The number of benzene rings is 1. The molecule has 2 rings (SSSR count). The number of aliphatic carboxylic acids is 1. The molecular formula is C16H21FN2O2. The van der Waals surface area contributed by atoms with Gasteiger partial charge in [-0.2, -0.15) is 0 Å². The van der Waals surface area contributed by atoms with Crippen LogP contribution < -0.4 is 4.90 Å². The van der Waals surface area contributed by atoms with Crippen molar-refractivity contribution in [1.82, 2.24) is 4.90 Å². The van der Waals surface area contributed by atoms with Crippen LogP contribution in [0.2, 0.25) is 0 Å². The van der Waals surface area contributed by atoms with Crippen LogP contribution in [0.5, 0.6) is 0 Å². The standard InChI is InChI=1S/C16H21FN2O2/c1-18-7-3-4-14(18)11-19(2)15-9-12(5-6-16(20)21)8-13(17)10-15/h5-6,8-10,14H,3-4,7,11H2,1-2H3,(H,20,21)/b6-5+. The summed E-state index contributed by atoms with van der Waals surface area (Å²) in [4.78, 5) is 14.9. The maximum absolute atomic E-state index is 13.7. The minimum atomic E-state index is -1.04. The monoisotopic (exact) mass is 292 g/mol. The molecule has 0 aliphatic carbocycles. The predicted molar refractivity (Wildman–Crippen MR) is 82.0 cm³/mol. The molecule has 1 unspecified atom stereocenters. The molecule has 1 N–H and O–H groups in total. The van der Waals surface area contributed by atoms with Gasteiger partial charge in [0.15, 0.2) is 0 Å². The SMILES string of the molecule is CN(CC1CCCN1C)c1cc(F)cc(/C=C/C(=O)O)c1. The van der Waals surface area contributed by atoms with E-state index in [1.165, 1.54) is 24.6 Å². The molecule has 0 aromatic heterocycles. The second kappa shape index (κ2) is 6.72. The number of carbonyl (C=O) groups is 1. The molecule has 0 saturated carbocycles. The summed E-state index contributed by atoms with van der Waals surface area (Å²) in [6.07, 6.45) is 4.78. The minimum Gasteiger partial charge on any atom is -0.478 e. The van der Waals surface area contributed by atoms with Gasteiger partial charge in [-0.05, 0) is 56.3 Å². The van der Waals surface area contributed by atoms with E-state index in [-0.39, 0.29) is 5.82 Å². The molecule has 1 atom stereocenters. The van der Waals surface area contributed by atoms with Crippen LogP contribution in [0.25, 0.3) is 6.08 Å². The van der Waals surface area contributed by atoms with Crippen molar-refractivity contribution in [2.75, 3.05) is 32.1 Å². The highest BCUT2D eigenvalue weighted by Crippen LogP contribution is 2.22. The lowest BCUT2D eigenvalue weighted by Gasteiger charge is -2.27. The van der Waals surface area contributed by atoms with Gasteiger partial charge in [-0.15, -0.1) is 0 Å². The van der Waals surface area contributed by atoms with Crippen LogP contribution in [0, 0.1) is 5.82 Å². The Bertz CT molecular complexity index is 545. The summed E-state index contributed by atoms with van der Waals surface area (Å²) < 4.78 is 13.7. The fourth-order valence-electron chi connectivity index (χ4n) is 2.71. The molecule has 1 saturated heterocycles. The number of nitrogens with zero attached hydrogens (tertiary/aromatic N) is 2. The molecule has 1 aliphatic rings. The topological polar surface area (TPSA) is 43.8 Å². The molecule has 0 bridgehead atoms. The number of carboxylic acids is 1. The van der Waals surface area contributed by atoms with Crippen molar-refractivity contribution in [3.8, 4) is 0 Å². The fourth-order valence-corrected chi connectivity index (χ4v) is 2.71. The normalized spacial score (nSPS) is 19.3. The average molecular weight is 292 g/mol. The highest BCUT2D eigenvalue weighted by Gasteiger charge is 2.22. The smallest absolute Gasteiger partial charge is 0.328 e. The van der Waals surface area contributed by atoms with E-state index in [1.54, 1.807) is 6.07 Å². The van der Waals surface area contributed by atoms with E-state index < -0.39 is 5.97 Å². The van der Waals surface area contributed by atoms with E-state index in [0.717, 1.165) is 31.3 Å². The number of anilines is 1. The zero-order valence-electron chi connectivity index (χ0n) is 12.4. The lowest BCUT2D eigenvalue weighted by molar-refractivity contribution is -0.131. The highest BCUT2D eigenvalue weighted by atomic mass is 19.1. The van der Waals surface area contributed by atoms with Crippen LogP contribution in [0.1, 0.15) is 18.4 Å². The van der Waals surface area contributed by atoms with Crippen LogP contribution in [0.3, 0.4) is 0 Å². The third-order valence-electron chi connectivity index (χ3n) is 3.92. The van der Waals surface area contributed by atoms with E-state index >= 15 is 0 Å². The van der Waals surface area contributed by atoms with Crippen molar-refractivity contribution in [3.05, 3.63) is 35.7 Å². The molecule has 0 radical (unpaired) electrons. The Morgan fingerprint density at radius 3 is 2.90 bits per heavy atom. The van der Waals surface area contributed by atoms with Gasteiger partial charge in [0, 0.05) is 31.4 Å². The van der Waals surface area contributed by atoms with Gasteiger partial charge in [0.1, 0.15) is 5.82 Å². The third kappa shape index (κ3) is 4.29. The summed E-state index contributed by atoms with van der Waals surface area (Å²) in [5.41, 5.74) is 1.32. The van der Waals surface area contributed by atoms with Crippen LogP contribution in [-0.4, -0.2) is 49.2 Å². The number of likely N-dealkylation sites (tertiary alicyclic amines) is 1. The van der Waals surface area contributed by atoms with Crippen molar-refractivity contribution in [1.29, 1.82) is 0 Å². The second-order valence-electron chi connectivity index (χ2n) is 5.57. The maximum Gasteiger partial charge on any atom is 0.328 e. The van der Waals surface area contributed by atoms with Crippen LogP contribution >= 0.6 is 0 Å². The molecule has 1 heterocycles.